The van der Waals surface area contributed by atoms with E-state index in [0.717, 1.165) is 32.9 Å². The van der Waals surface area contributed by atoms with Crippen LogP contribution < -0.4 is 5.56 Å². The fourth-order valence-corrected chi connectivity index (χ4v) is 8.06. The molecule has 0 fully saturated rings. The molecule has 3 nitrogen and oxygen atoms in total. The molecule has 1 spiro atoms. The summed E-state index contributed by atoms with van der Waals surface area (Å²) in [5.74, 6) is 0. The van der Waals surface area contributed by atoms with E-state index in [-0.39, 0.29) is 5.56 Å². The lowest BCUT2D eigenvalue weighted by molar-refractivity contribution is 0.792. The lowest BCUT2D eigenvalue weighted by Gasteiger charge is -2.30. The fraction of sp³-hybridized carbons (Fsp3) is 0.0256. The lowest BCUT2D eigenvalue weighted by atomic mass is 9.70. The normalized spacial score (nSPS) is 14.0. The average Bonchev–Trinajstić information content (AvgIpc) is 3.51. The molecule has 0 unspecified atom stereocenters. The highest BCUT2D eigenvalue weighted by Crippen LogP contribution is 2.62. The fourth-order valence-electron chi connectivity index (χ4n) is 8.06. The topological polar surface area (TPSA) is 34.9 Å². The van der Waals surface area contributed by atoms with Crippen molar-refractivity contribution in [3.05, 3.63) is 166 Å². The molecule has 2 aromatic heterocycles. The number of fused-ring (bicyclic) bond motifs is 10. The molecular formula is C39H22N2O. The minimum absolute atomic E-state index is 0.0228. The smallest absolute Gasteiger partial charge is 0.263 e. The Morgan fingerprint density at radius 2 is 1.17 bits per heavy atom. The van der Waals surface area contributed by atoms with Crippen molar-refractivity contribution in [3.63, 3.8) is 0 Å². The third-order valence-corrected chi connectivity index (χ3v) is 9.62. The van der Waals surface area contributed by atoms with E-state index < -0.39 is 5.41 Å². The van der Waals surface area contributed by atoms with E-state index in [9.17, 15) is 4.79 Å². The largest absolute Gasteiger partial charge is 0.276 e. The Kier molecular flexibility index (Phi) is 4.01. The van der Waals surface area contributed by atoms with E-state index in [2.05, 4.69) is 108 Å². The van der Waals surface area contributed by atoms with Crippen LogP contribution in [0.4, 0.5) is 0 Å². The summed E-state index contributed by atoms with van der Waals surface area (Å²) in [5.41, 5.74) is 12.3. The van der Waals surface area contributed by atoms with Crippen molar-refractivity contribution < 1.29 is 0 Å². The van der Waals surface area contributed by atoms with Crippen LogP contribution in [-0.2, 0) is 5.41 Å². The molecule has 2 aliphatic carbocycles. The van der Waals surface area contributed by atoms with E-state index in [4.69, 9.17) is 0 Å². The maximum Gasteiger partial charge on any atom is 0.263 e. The highest BCUT2D eigenvalue weighted by atomic mass is 16.1. The van der Waals surface area contributed by atoms with Crippen LogP contribution in [0.5, 0.6) is 0 Å². The number of aromatic nitrogens is 2. The van der Waals surface area contributed by atoms with E-state index in [1.165, 1.54) is 44.5 Å². The molecule has 194 valence electrons. The molecule has 0 N–H and O–H groups in total. The Bertz CT molecular complexity index is 2440. The van der Waals surface area contributed by atoms with Crippen LogP contribution in [0, 0.1) is 0 Å². The average molecular weight is 535 g/mol. The van der Waals surface area contributed by atoms with Gasteiger partial charge in [0.1, 0.15) is 0 Å². The van der Waals surface area contributed by atoms with Crippen LogP contribution in [0.1, 0.15) is 22.3 Å². The summed E-state index contributed by atoms with van der Waals surface area (Å²) in [7, 11) is 0. The molecule has 10 rings (SSSR count). The van der Waals surface area contributed by atoms with Crippen LogP contribution in [0.3, 0.4) is 0 Å². The third-order valence-electron chi connectivity index (χ3n) is 9.62. The second-order valence-electron chi connectivity index (χ2n) is 11.5. The van der Waals surface area contributed by atoms with Crippen molar-refractivity contribution in [1.29, 1.82) is 0 Å². The van der Waals surface area contributed by atoms with Crippen molar-refractivity contribution in [1.82, 2.24) is 9.55 Å². The minimum Gasteiger partial charge on any atom is -0.276 e. The number of nitrogens with zero attached hydrogens (tertiary/aromatic N) is 2. The van der Waals surface area contributed by atoms with Crippen molar-refractivity contribution in [2.24, 2.45) is 0 Å². The van der Waals surface area contributed by atoms with Crippen LogP contribution >= 0.6 is 0 Å². The first-order valence-electron chi connectivity index (χ1n) is 14.4. The van der Waals surface area contributed by atoms with Gasteiger partial charge in [-0.15, -0.1) is 0 Å². The number of benzene rings is 6. The molecule has 42 heavy (non-hydrogen) atoms. The van der Waals surface area contributed by atoms with Gasteiger partial charge in [-0.05, 0) is 74.8 Å². The van der Waals surface area contributed by atoms with E-state index in [1.807, 2.05) is 35.0 Å². The van der Waals surface area contributed by atoms with Crippen molar-refractivity contribution in [2.45, 2.75) is 5.41 Å². The van der Waals surface area contributed by atoms with Gasteiger partial charge in [-0.2, -0.15) is 0 Å². The quantitative estimate of drug-likeness (QED) is 0.198. The number of rotatable bonds is 1. The first kappa shape index (κ1) is 22.2. The molecular weight excluding hydrogens is 512 g/mol. The van der Waals surface area contributed by atoms with Gasteiger partial charge in [-0.3, -0.25) is 14.3 Å². The molecule has 2 heterocycles. The van der Waals surface area contributed by atoms with Gasteiger partial charge in [-0.25, -0.2) is 0 Å². The number of hydrogen-bond acceptors (Lipinski definition) is 2. The molecule has 6 aromatic carbocycles. The summed E-state index contributed by atoms with van der Waals surface area (Å²) in [6, 6.07) is 45.0. The Hall–Kier alpha value is -5.54. The van der Waals surface area contributed by atoms with Gasteiger partial charge in [0, 0.05) is 28.0 Å². The van der Waals surface area contributed by atoms with E-state index in [0.29, 0.717) is 5.39 Å². The third kappa shape index (κ3) is 2.45. The lowest BCUT2D eigenvalue weighted by Crippen LogP contribution is -2.26. The van der Waals surface area contributed by atoms with Gasteiger partial charge in [0.05, 0.1) is 21.8 Å². The summed E-state index contributed by atoms with van der Waals surface area (Å²) >= 11 is 0. The van der Waals surface area contributed by atoms with Gasteiger partial charge < -0.3 is 0 Å². The molecule has 0 amide bonds. The van der Waals surface area contributed by atoms with Gasteiger partial charge in [0.15, 0.2) is 0 Å². The predicted molar refractivity (Wildman–Crippen MR) is 170 cm³/mol. The molecule has 0 saturated carbocycles. The van der Waals surface area contributed by atoms with E-state index in [1.54, 1.807) is 0 Å². The Morgan fingerprint density at radius 1 is 0.548 bits per heavy atom. The Labute approximate surface area is 241 Å². The second-order valence-corrected chi connectivity index (χ2v) is 11.5. The predicted octanol–water partition coefficient (Wildman–Crippen LogP) is 8.47. The second kappa shape index (κ2) is 7.59. The molecule has 0 bridgehead atoms. The summed E-state index contributed by atoms with van der Waals surface area (Å²) in [4.78, 5) is 19.0. The minimum atomic E-state index is -0.457. The summed E-state index contributed by atoms with van der Waals surface area (Å²) < 4.78 is 1.91. The number of pyridine rings is 2. The summed E-state index contributed by atoms with van der Waals surface area (Å²) in [6.07, 6.45) is 1.92. The van der Waals surface area contributed by atoms with Gasteiger partial charge >= 0.3 is 0 Å². The zero-order chi connectivity index (χ0) is 27.6. The summed E-state index contributed by atoms with van der Waals surface area (Å²) in [6.45, 7) is 0. The monoisotopic (exact) mass is 534 g/mol. The first-order valence-corrected chi connectivity index (χ1v) is 14.4. The van der Waals surface area contributed by atoms with Crippen molar-refractivity contribution in [2.75, 3.05) is 0 Å². The molecule has 0 radical (unpaired) electrons. The maximum atomic E-state index is 14.4. The van der Waals surface area contributed by atoms with Crippen molar-refractivity contribution in [3.8, 4) is 27.9 Å². The number of hydrogen-bond donors (Lipinski definition) is 0. The van der Waals surface area contributed by atoms with Crippen LogP contribution in [0.25, 0.3) is 60.5 Å². The van der Waals surface area contributed by atoms with Crippen LogP contribution in [0.15, 0.2) is 138 Å². The van der Waals surface area contributed by atoms with Gasteiger partial charge in [-0.1, -0.05) is 97.1 Å². The molecule has 8 aromatic rings. The van der Waals surface area contributed by atoms with Crippen LogP contribution in [-0.4, -0.2) is 9.55 Å². The molecule has 0 saturated heterocycles. The highest BCUT2D eigenvalue weighted by molar-refractivity contribution is 6.20. The molecule has 3 heteroatoms. The van der Waals surface area contributed by atoms with Crippen molar-refractivity contribution >= 4 is 32.6 Å². The maximum absolute atomic E-state index is 14.4. The first-order chi connectivity index (χ1) is 20.8. The van der Waals surface area contributed by atoms with Gasteiger partial charge in [0.25, 0.3) is 5.56 Å². The summed E-state index contributed by atoms with van der Waals surface area (Å²) in [5, 5.41) is 3.75. The zero-order valence-corrected chi connectivity index (χ0v) is 22.5. The standard InChI is InChI=1S/C39H22N2O/c42-38-29-13-8-17-34-37(29)36-23(22-40-34)9-7-18-35(36)41(38)24-19-20-28-27-12-3-6-16-32(27)39(33(28)21-24)30-14-4-1-10-25(30)26-11-2-5-15-31(26)39/h1-22H. The molecule has 0 aliphatic heterocycles. The van der Waals surface area contributed by atoms with E-state index >= 15 is 0 Å². The van der Waals surface area contributed by atoms with Crippen LogP contribution in [0.2, 0.25) is 0 Å². The Morgan fingerprint density at radius 3 is 1.86 bits per heavy atom. The van der Waals surface area contributed by atoms with Gasteiger partial charge in [0.2, 0.25) is 0 Å². The molecule has 0 atom stereocenters. The highest BCUT2D eigenvalue weighted by Gasteiger charge is 2.51. The molecule has 2 aliphatic rings. The Balaban J connectivity index is 1.36. The zero-order valence-electron chi connectivity index (χ0n) is 22.5. The SMILES string of the molecule is O=c1c2cccc3ncc4cccc(c4c32)n1-c1ccc2c(c1)C1(c3ccccc3-c3ccccc31)c1ccccc1-2.